The number of unbranched alkanes of at least 4 members (excludes halogenated alkanes) is 1. The molecule has 3 atom stereocenters. The maximum absolute atomic E-state index is 12.8. The summed E-state index contributed by atoms with van der Waals surface area (Å²) in [6, 6.07) is 10.1. The topological polar surface area (TPSA) is 70.0 Å². The molecule has 166 valence electrons. The van der Waals surface area contributed by atoms with Crippen LogP contribution < -0.4 is 0 Å². The van der Waals surface area contributed by atoms with Crippen molar-refractivity contribution in [1.29, 1.82) is 0 Å². The molecule has 3 unspecified atom stereocenters. The summed E-state index contributed by atoms with van der Waals surface area (Å²) in [6.45, 7) is 4.75. The molecule has 2 N–H and O–H groups in total. The number of benzene rings is 1. The third-order valence-corrected chi connectivity index (χ3v) is 5.71. The lowest BCUT2D eigenvalue weighted by molar-refractivity contribution is -0.140. The first-order chi connectivity index (χ1) is 14.5. The summed E-state index contributed by atoms with van der Waals surface area (Å²) >= 11 is 0. The normalized spacial score (nSPS) is 20.7. The van der Waals surface area contributed by atoms with Gasteiger partial charge in [0.1, 0.15) is 12.5 Å². The van der Waals surface area contributed by atoms with Gasteiger partial charge in [-0.05, 0) is 49.7 Å². The Morgan fingerprint density at radius 2 is 1.90 bits per heavy atom. The molecule has 1 aromatic carbocycles. The summed E-state index contributed by atoms with van der Waals surface area (Å²) in [5.74, 6) is 0.114. The molecular weight excluding hydrogens is 378 g/mol. The van der Waals surface area contributed by atoms with E-state index in [0.29, 0.717) is 37.4 Å². The minimum atomic E-state index is -0.687. The first-order valence-corrected chi connectivity index (χ1v) is 11.3. The van der Waals surface area contributed by atoms with Crippen molar-refractivity contribution in [2.24, 2.45) is 5.92 Å². The van der Waals surface area contributed by atoms with Gasteiger partial charge in [0, 0.05) is 11.8 Å². The highest BCUT2D eigenvalue weighted by Crippen LogP contribution is 2.21. The molecular formula is C25H37NO4. The number of allylic oxidation sites excluding steroid dienone is 2. The van der Waals surface area contributed by atoms with Crippen LogP contribution in [0.25, 0.3) is 0 Å². The van der Waals surface area contributed by atoms with Gasteiger partial charge in [0.15, 0.2) is 0 Å². The standard InChI is InChI=1S/C25H37NO4/c1-3-5-10-20(4-2)19-30-25(29)22(15-14-21-11-7-6-8-12-21)13-9-18-26-23(27)16-17-24(26)28/h6-9,11-13,18,20,23-24,27-28H,3-5,10,14-17,19H2,1-2H3/b18-9+,22-13+. The quantitative estimate of drug-likeness (QED) is 0.298. The lowest BCUT2D eigenvalue weighted by atomic mass is 10.0. The molecule has 0 radical (unpaired) electrons. The van der Waals surface area contributed by atoms with Crippen LogP contribution in [0.4, 0.5) is 0 Å². The Kier molecular flexibility index (Phi) is 10.7. The smallest absolute Gasteiger partial charge is 0.334 e. The molecule has 0 bridgehead atoms. The fraction of sp³-hybridized carbons (Fsp3) is 0.560. The van der Waals surface area contributed by atoms with Crippen LogP contribution >= 0.6 is 0 Å². The molecule has 2 rings (SSSR count). The van der Waals surface area contributed by atoms with Crippen molar-refractivity contribution in [3.8, 4) is 0 Å². The van der Waals surface area contributed by atoms with E-state index in [9.17, 15) is 15.0 Å². The van der Waals surface area contributed by atoms with Crippen molar-refractivity contribution in [3.63, 3.8) is 0 Å². The zero-order valence-electron chi connectivity index (χ0n) is 18.4. The molecule has 0 amide bonds. The van der Waals surface area contributed by atoms with Crippen LogP contribution in [0.5, 0.6) is 0 Å². The van der Waals surface area contributed by atoms with Crippen LogP contribution in [0, 0.1) is 5.92 Å². The molecule has 1 aliphatic heterocycles. The summed E-state index contributed by atoms with van der Waals surface area (Å²) in [5, 5.41) is 19.9. The van der Waals surface area contributed by atoms with Gasteiger partial charge in [0.05, 0.1) is 6.61 Å². The monoisotopic (exact) mass is 415 g/mol. The van der Waals surface area contributed by atoms with Gasteiger partial charge in [-0.25, -0.2) is 4.79 Å². The number of ether oxygens (including phenoxy) is 1. The van der Waals surface area contributed by atoms with Crippen LogP contribution in [-0.2, 0) is 16.0 Å². The molecule has 0 aromatic heterocycles. The number of carbonyl (C=O) groups excluding carboxylic acids is 1. The van der Waals surface area contributed by atoms with E-state index in [1.54, 1.807) is 18.4 Å². The Morgan fingerprint density at radius 3 is 2.53 bits per heavy atom. The molecule has 5 heteroatoms. The van der Waals surface area contributed by atoms with Crippen LogP contribution in [0.1, 0.15) is 64.4 Å². The van der Waals surface area contributed by atoms with Gasteiger partial charge >= 0.3 is 5.97 Å². The van der Waals surface area contributed by atoms with Crippen molar-refractivity contribution in [2.45, 2.75) is 77.7 Å². The number of nitrogens with zero attached hydrogens (tertiary/aromatic N) is 1. The minimum absolute atomic E-state index is 0.284. The van der Waals surface area contributed by atoms with E-state index >= 15 is 0 Å². The average Bonchev–Trinajstić information content (AvgIpc) is 3.08. The Hall–Kier alpha value is -2.11. The number of likely N-dealkylation sites (tertiary alicyclic amines) is 1. The first kappa shape index (κ1) is 24.2. The maximum Gasteiger partial charge on any atom is 0.334 e. The van der Waals surface area contributed by atoms with E-state index in [0.717, 1.165) is 32.1 Å². The maximum atomic E-state index is 12.8. The number of rotatable bonds is 12. The fourth-order valence-corrected chi connectivity index (χ4v) is 3.61. The summed E-state index contributed by atoms with van der Waals surface area (Å²) < 4.78 is 5.65. The van der Waals surface area contributed by atoms with Gasteiger partial charge in [0.25, 0.3) is 0 Å². The lowest BCUT2D eigenvalue weighted by Gasteiger charge is -2.21. The van der Waals surface area contributed by atoms with Crippen molar-refractivity contribution < 1.29 is 19.7 Å². The molecule has 0 spiro atoms. The highest BCUT2D eigenvalue weighted by molar-refractivity contribution is 5.88. The molecule has 5 nitrogen and oxygen atoms in total. The van der Waals surface area contributed by atoms with Crippen molar-refractivity contribution in [2.75, 3.05) is 6.61 Å². The summed E-state index contributed by atoms with van der Waals surface area (Å²) in [7, 11) is 0. The zero-order valence-corrected chi connectivity index (χ0v) is 18.4. The second-order valence-corrected chi connectivity index (χ2v) is 8.02. The van der Waals surface area contributed by atoms with Crippen LogP contribution in [0.2, 0.25) is 0 Å². The Morgan fingerprint density at radius 1 is 1.20 bits per heavy atom. The summed E-state index contributed by atoms with van der Waals surface area (Å²) in [5.41, 5.74) is 1.77. The average molecular weight is 416 g/mol. The number of carbonyl (C=O) groups is 1. The van der Waals surface area contributed by atoms with E-state index < -0.39 is 12.5 Å². The third-order valence-electron chi connectivity index (χ3n) is 5.71. The van der Waals surface area contributed by atoms with E-state index in [1.807, 2.05) is 30.3 Å². The number of hydrogen-bond acceptors (Lipinski definition) is 5. The van der Waals surface area contributed by atoms with Crippen molar-refractivity contribution in [3.05, 3.63) is 59.8 Å². The molecule has 0 saturated carbocycles. The Labute approximate surface area is 181 Å². The van der Waals surface area contributed by atoms with Crippen molar-refractivity contribution >= 4 is 5.97 Å². The molecule has 1 heterocycles. The predicted octanol–water partition coefficient (Wildman–Crippen LogP) is 4.55. The van der Waals surface area contributed by atoms with Crippen LogP contribution in [-0.4, -0.2) is 40.1 Å². The molecule has 0 aliphatic carbocycles. The van der Waals surface area contributed by atoms with Crippen molar-refractivity contribution in [1.82, 2.24) is 4.90 Å². The van der Waals surface area contributed by atoms with E-state index in [1.165, 1.54) is 10.5 Å². The third kappa shape index (κ3) is 7.96. The van der Waals surface area contributed by atoms with Crippen LogP contribution in [0.3, 0.4) is 0 Å². The SMILES string of the molecule is CCCCC(CC)COC(=O)/C(=C/C=C/N1C(O)CCC1O)CCc1ccccc1. The second kappa shape index (κ2) is 13.2. The molecule has 1 aromatic rings. The highest BCUT2D eigenvalue weighted by Gasteiger charge is 2.27. The number of aliphatic hydroxyl groups excluding tert-OH is 2. The van der Waals surface area contributed by atoms with Gasteiger partial charge in [-0.15, -0.1) is 0 Å². The number of aryl methyl sites for hydroxylation is 1. The van der Waals surface area contributed by atoms with E-state index in [2.05, 4.69) is 13.8 Å². The summed E-state index contributed by atoms with van der Waals surface area (Å²) in [4.78, 5) is 14.3. The minimum Gasteiger partial charge on any atom is -0.462 e. The second-order valence-electron chi connectivity index (χ2n) is 8.02. The lowest BCUT2D eigenvalue weighted by Crippen LogP contribution is -2.30. The van der Waals surface area contributed by atoms with Gasteiger partial charge in [-0.3, -0.25) is 0 Å². The van der Waals surface area contributed by atoms with E-state index in [-0.39, 0.29) is 5.97 Å². The van der Waals surface area contributed by atoms with Gasteiger partial charge in [0.2, 0.25) is 0 Å². The largest absolute Gasteiger partial charge is 0.462 e. The molecule has 30 heavy (non-hydrogen) atoms. The van der Waals surface area contributed by atoms with Gasteiger partial charge < -0.3 is 19.8 Å². The first-order valence-electron chi connectivity index (χ1n) is 11.3. The number of aliphatic hydroxyl groups is 2. The number of esters is 1. The molecule has 1 saturated heterocycles. The number of hydrogen-bond donors (Lipinski definition) is 2. The molecule has 1 fully saturated rings. The Bertz CT molecular complexity index is 676. The zero-order chi connectivity index (χ0) is 21.8. The fourth-order valence-electron chi connectivity index (χ4n) is 3.61. The molecule has 1 aliphatic rings. The highest BCUT2D eigenvalue weighted by atomic mass is 16.5. The van der Waals surface area contributed by atoms with Gasteiger partial charge in [-0.2, -0.15) is 0 Å². The van der Waals surface area contributed by atoms with E-state index in [4.69, 9.17) is 4.74 Å². The summed E-state index contributed by atoms with van der Waals surface area (Å²) in [6.07, 6.45) is 10.5. The van der Waals surface area contributed by atoms with Gasteiger partial charge in [-0.1, -0.05) is 69.5 Å². The predicted molar refractivity (Wildman–Crippen MR) is 119 cm³/mol. The van der Waals surface area contributed by atoms with Crippen LogP contribution in [0.15, 0.2) is 54.3 Å². The Balaban J connectivity index is 2.02.